The van der Waals surface area contributed by atoms with Gasteiger partial charge in [0, 0.05) is 14.4 Å². The standard InChI is InChI=1S/C18H28S2/c1-4-5-6-7-8-12-15-18(19-16(2)3)20-17-13-10-9-11-14-17/h9-11,13-16H,4-8,12H2,1-3H3/b18-15-. The molecule has 0 saturated carbocycles. The van der Waals surface area contributed by atoms with Crippen molar-refractivity contribution in [3.05, 3.63) is 40.6 Å². The summed E-state index contributed by atoms with van der Waals surface area (Å²) in [5, 5.41) is 0.651. The summed E-state index contributed by atoms with van der Waals surface area (Å²) in [6.45, 7) is 6.81. The number of hydrogen-bond donors (Lipinski definition) is 0. The lowest BCUT2D eigenvalue weighted by Crippen LogP contribution is -1.86. The lowest BCUT2D eigenvalue weighted by molar-refractivity contribution is 0.637. The predicted octanol–water partition coefficient (Wildman–Crippen LogP) is 7.12. The summed E-state index contributed by atoms with van der Waals surface area (Å²) in [7, 11) is 0. The van der Waals surface area contributed by atoms with Gasteiger partial charge in [-0.2, -0.15) is 0 Å². The first kappa shape index (κ1) is 17.7. The van der Waals surface area contributed by atoms with Crippen molar-refractivity contribution in [3.63, 3.8) is 0 Å². The smallest absolute Gasteiger partial charge is 0.0412 e. The summed E-state index contributed by atoms with van der Waals surface area (Å²) in [6, 6.07) is 10.7. The molecule has 0 heterocycles. The van der Waals surface area contributed by atoms with Crippen LogP contribution >= 0.6 is 23.5 Å². The van der Waals surface area contributed by atoms with Crippen molar-refractivity contribution in [2.45, 2.75) is 69.4 Å². The van der Waals surface area contributed by atoms with Crippen LogP contribution in [0.15, 0.2) is 45.5 Å². The van der Waals surface area contributed by atoms with Crippen LogP contribution in [0, 0.1) is 0 Å². The molecule has 0 atom stereocenters. The molecule has 0 radical (unpaired) electrons. The third-order valence-electron chi connectivity index (χ3n) is 2.93. The van der Waals surface area contributed by atoms with E-state index in [1.54, 1.807) is 0 Å². The lowest BCUT2D eigenvalue weighted by Gasteiger charge is -2.10. The average molecular weight is 309 g/mol. The number of rotatable bonds is 10. The van der Waals surface area contributed by atoms with Crippen LogP contribution < -0.4 is 0 Å². The molecule has 0 spiro atoms. The Labute approximate surface area is 133 Å². The van der Waals surface area contributed by atoms with Crippen LogP contribution in [-0.2, 0) is 0 Å². The summed E-state index contributed by atoms with van der Waals surface area (Å²) in [4.78, 5) is 1.35. The Bertz CT molecular complexity index is 368. The van der Waals surface area contributed by atoms with Gasteiger partial charge < -0.3 is 0 Å². The fourth-order valence-electron chi connectivity index (χ4n) is 1.92. The number of allylic oxidation sites excluding steroid dienone is 1. The van der Waals surface area contributed by atoms with E-state index < -0.39 is 0 Å². The zero-order chi connectivity index (χ0) is 14.6. The molecule has 2 heteroatoms. The molecule has 1 rings (SSSR count). The minimum Gasteiger partial charge on any atom is -0.116 e. The van der Waals surface area contributed by atoms with Gasteiger partial charge in [0.1, 0.15) is 0 Å². The molecule has 1 aromatic rings. The normalized spacial score (nSPS) is 12.1. The second-order valence-electron chi connectivity index (χ2n) is 5.31. The SMILES string of the molecule is CCCCCCC/C=C(\Sc1ccccc1)SC(C)C. The van der Waals surface area contributed by atoms with Crippen LogP contribution in [0.5, 0.6) is 0 Å². The van der Waals surface area contributed by atoms with Crippen LogP contribution in [0.2, 0.25) is 0 Å². The molecular weight excluding hydrogens is 280 g/mol. The van der Waals surface area contributed by atoms with Crippen molar-refractivity contribution in [3.8, 4) is 0 Å². The number of thioether (sulfide) groups is 2. The van der Waals surface area contributed by atoms with E-state index in [0.717, 1.165) is 0 Å². The van der Waals surface area contributed by atoms with Gasteiger partial charge in [0.25, 0.3) is 0 Å². The summed E-state index contributed by atoms with van der Waals surface area (Å²) in [5.74, 6) is 0. The van der Waals surface area contributed by atoms with Crippen LogP contribution in [0.25, 0.3) is 0 Å². The van der Waals surface area contributed by atoms with Crippen LogP contribution in [0.4, 0.5) is 0 Å². The molecule has 0 bridgehead atoms. The first-order chi connectivity index (χ1) is 9.72. The second-order valence-corrected chi connectivity index (χ2v) is 8.30. The summed E-state index contributed by atoms with van der Waals surface area (Å²) in [5.41, 5.74) is 0. The first-order valence-electron chi connectivity index (χ1n) is 7.82. The molecule has 0 aliphatic rings. The topological polar surface area (TPSA) is 0 Å². The highest BCUT2D eigenvalue weighted by Gasteiger charge is 2.04. The summed E-state index contributed by atoms with van der Waals surface area (Å²) in [6.07, 6.45) is 10.5. The summed E-state index contributed by atoms with van der Waals surface area (Å²) < 4.78 is 1.46. The van der Waals surface area contributed by atoms with E-state index in [1.165, 1.54) is 47.7 Å². The van der Waals surface area contributed by atoms with E-state index in [0.29, 0.717) is 5.25 Å². The number of hydrogen-bond acceptors (Lipinski definition) is 2. The monoisotopic (exact) mass is 308 g/mol. The number of benzene rings is 1. The predicted molar refractivity (Wildman–Crippen MR) is 96.5 cm³/mol. The van der Waals surface area contributed by atoms with E-state index in [1.807, 2.05) is 23.5 Å². The highest BCUT2D eigenvalue weighted by Crippen LogP contribution is 2.37. The maximum Gasteiger partial charge on any atom is 0.0412 e. The molecular formula is C18H28S2. The Morgan fingerprint density at radius 3 is 2.40 bits per heavy atom. The molecule has 0 unspecified atom stereocenters. The maximum atomic E-state index is 2.44. The van der Waals surface area contributed by atoms with Crippen molar-refractivity contribution in [1.82, 2.24) is 0 Å². The maximum absolute atomic E-state index is 2.44. The zero-order valence-corrected chi connectivity index (χ0v) is 14.7. The van der Waals surface area contributed by atoms with Gasteiger partial charge in [0.2, 0.25) is 0 Å². The molecule has 0 aromatic heterocycles. The molecule has 1 aromatic carbocycles. The Morgan fingerprint density at radius 2 is 1.75 bits per heavy atom. The zero-order valence-electron chi connectivity index (χ0n) is 13.1. The quantitative estimate of drug-likeness (QED) is 0.333. The molecule has 0 aliphatic carbocycles. The van der Waals surface area contributed by atoms with Crippen molar-refractivity contribution >= 4 is 23.5 Å². The van der Waals surface area contributed by atoms with E-state index in [9.17, 15) is 0 Å². The number of unbranched alkanes of at least 4 members (excludes halogenated alkanes) is 5. The molecule has 0 N–H and O–H groups in total. The van der Waals surface area contributed by atoms with E-state index >= 15 is 0 Å². The molecule has 112 valence electrons. The lowest BCUT2D eigenvalue weighted by atomic mass is 10.1. The third-order valence-corrected chi connectivity index (χ3v) is 5.22. The fourth-order valence-corrected chi connectivity index (χ4v) is 4.38. The second kappa shape index (κ2) is 11.3. The molecule has 0 aliphatic heterocycles. The van der Waals surface area contributed by atoms with Gasteiger partial charge in [-0.15, -0.1) is 11.8 Å². The van der Waals surface area contributed by atoms with Gasteiger partial charge in [-0.3, -0.25) is 0 Å². The fraction of sp³-hybridized carbons (Fsp3) is 0.556. The highest BCUT2D eigenvalue weighted by atomic mass is 32.2. The summed E-state index contributed by atoms with van der Waals surface area (Å²) >= 11 is 3.90. The molecule has 0 nitrogen and oxygen atoms in total. The van der Waals surface area contributed by atoms with Crippen molar-refractivity contribution in [1.29, 1.82) is 0 Å². The Balaban J connectivity index is 2.42. The average Bonchev–Trinajstić information content (AvgIpc) is 2.43. The molecule has 0 saturated heterocycles. The molecule has 20 heavy (non-hydrogen) atoms. The van der Waals surface area contributed by atoms with Gasteiger partial charge in [-0.1, -0.05) is 82.5 Å². The van der Waals surface area contributed by atoms with E-state index in [2.05, 4.69) is 57.2 Å². The molecule has 0 fully saturated rings. The van der Waals surface area contributed by atoms with Crippen molar-refractivity contribution in [2.75, 3.05) is 0 Å². The van der Waals surface area contributed by atoms with Gasteiger partial charge in [-0.25, -0.2) is 0 Å². The Morgan fingerprint density at radius 1 is 1.05 bits per heavy atom. The Kier molecular flexibility index (Phi) is 10.0. The van der Waals surface area contributed by atoms with Gasteiger partial charge in [-0.05, 0) is 25.0 Å². The van der Waals surface area contributed by atoms with Gasteiger partial charge in [0.05, 0.1) is 0 Å². The minimum atomic E-state index is 0.651. The van der Waals surface area contributed by atoms with Crippen LogP contribution in [-0.4, -0.2) is 5.25 Å². The largest absolute Gasteiger partial charge is 0.116 e. The van der Waals surface area contributed by atoms with Gasteiger partial charge >= 0.3 is 0 Å². The van der Waals surface area contributed by atoms with Crippen molar-refractivity contribution < 1.29 is 0 Å². The van der Waals surface area contributed by atoms with E-state index in [-0.39, 0.29) is 0 Å². The third kappa shape index (κ3) is 8.76. The molecule has 0 amide bonds. The van der Waals surface area contributed by atoms with Crippen LogP contribution in [0.3, 0.4) is 0 Å². The minimum absolute atomic E-state index is 0.651. The first-order valence-corrected chi connectivity index (χ1v) is 9.51. The highest BCUT2D eigenvalue weighted by molar-refractivity contribution is 8.22. The van der Waals surface area contributed by atoms with Crippen LogP contribution in [0.1, 0.15) is 59.3 Å². The van der Waals surface area contributed by atoms with E-state index in [4.69, 9.17) is 0 Å². The Hall–Kier alpha value is -0.340. The van der Waals surface area contributed by atoms with Gasteiger partial charge in [0.15, 0.2) is 0 Å². The van der Waals surface area contributed by atoms with Crippen molar-refractivity contribution in [2.24, 2.45) is 0 Å².